The molecule has 0 saturated carbocycles. The normalized spacial score (nSPS) is 6.03. The molecule has 240 valence electrons. The molecule has 0 unspecified atom stereocenters. The first-order valence-electron chi connectivity index (χ1n) is 6.11. The van der Waals surface area contributed by atoms with E-state index < -0.39 is 126 Å². The molecule has 0 aliphatic carbocycles. The molecule has 14 N–H and O–H groups in total. The molecule has 0 heterocycles. The van der Waals surface area contributed by atoms with Crippen molar-refractivity contribution in [3.63, 3.8) is 0 Å². The number of anilines is 1. The second kappa shape index (κ2) is 62.4. The molecule has 0 spiro atoms. The van der Waals surface area contributed by atoms with Gasteiger partial charge in [0.25, 0.3) is 0 Å². The van der Waals surface area contributed by atoms with E-state index in [-0.39, 0.29) is 28.2 Å². The van der Waals surface area contributed by atoms with Crippen molar-refractivity contribution in [1.29, 1.82) is 0 Å². The SMILES string of the molecule is Cc1ccc(N)cc1.F.F.F.F.F.F.[O]=[Sb]([OH])[OH].[O]=[Sb]([OH])[OH].[O]=[Sb]([OH])[OH].[O]=[Sb]([OH])[OH].[O]=[Sb]([OH])[OH].[O]=[Sb]([OH])[OH]. The maximum absolute atomic E-state index is 8.82. The summed E-state index contributed by atoms with van der Waals surface area (Å²) >= 11 is -22.2. The zero-order valence-corrected chi connectivity index (χ0v) is 33.2. The molecule has 0 aromatic heterocycles. The number of benzene rings is 1. The molecule has 31 heteroatoms. The minimum atomic E-state index is -3.70. The fourth-order valence-corrected chi connectivity index (χ4v) is 0.566. The summed E-state index contributed by atoms with van der Waals surface area (Å²) in [7, 11) is 0. The van der Waals surface area contributed by atoms with Crippen molar-refractivity contribution in [3.05, 3.63) is 29.8 Å². The Hall–Kier alpha value is 1.83. The van der Waals surface area contributed by atoms with Gasteiger partial charge < -0.3 is 5.73 Å². The fourth-order valence-electron chi connectivity index (χ4n) is 0.566. The number of rotatable bonds is 0. The topological polar surface area (TPSA) is 371 Å². The summed E-state index contributed by atoms with van der Waals surface area (Å²) in [4.78, 5) is 0. The van der Waals surface area contributed by atoms with Crippen molar-refractivity contribution in [2.75, 3.05) is 5.73 Å². The van der Waals surface area contributed by atoms with E-state index in [1.807, 2.05) is 31.2 Å². The number of hydrogen-bond donors (Lipinski definition) is 13. The summed E-state index contributed by atoms with van der Waals surface area (Å²) in [5.41, 5.74) is 7.51. The van der Waals surface area contributed by atoms with Crippen LogP contribution in [0.15, 0.2) is 24.3 Å². The summed E-state index contributed by atoms with van der Waals surface area (Å²) in [6.45, 7) is 2.04. The van der Waals surface area contributed by atoms with Gasteiger partial charge in [0.05, 0.1) is 0 Å². The van der Waals surface area contributed by atoms with Gasteiger partial charge in [-0.05, 0) is 19.1 Å². The third kappa shape index (κ3) is 367. The van der Waals surface area contributed by atoms with Crippen molar-refractivity contribution in [2.45, 2.75) is 6.92 Å². The van der Waals surface area contributed by atoms with Crippen LogP contribution in [0.1, 0.15) is 5.56 Å². The van der Waals surface area contributed by atoms with Gasteiger partial charge in [-0.1, -0.05) is 17.7 Å². The van der Waals surface area contributed by atoms with Crippen molar-refractivity contribution in [2.24, 2.45) is 0 Å². The Labute approximate surface area is 257 Å². The molecule has 38 heavy (non-hydrogen) atoms. The number of nitrogens with two attached hydrogens (primary N) is 1. The number of halogens is 6. The molecule has 0 amide bonds. The Balaban J connectivity index is -0.0000000207. The molecule has 1 rings (SSSR count). The molecule has 0 bridgehead atoms. The second-order valence-electron chi connectivity index (χ2n) is 3.43. The van der Waals surface area contributed by atoms with E-state index in [4.69, 9.17) is 64.5 Å². The number of hydrogen-bond acceptors (Lipinski definition) is 7. The first-order chi connectivity index (χ1) is 14.2. The average Bonchev–Trinajstić information content (AvgIpc) is 2.46. The van der Waals surface area contributed by atoms with Crippen molar-refractivity contribution < 1.29 is 87.0 Å². The third-order valence-corrected chi connectivity index (χ3v) is 1.08. The van der Waals surface area contributed by atoms with Gasteiger partial charge in [0, 0.05) is 5.69 Å². The molecule has 0 aliphatic heterocycles. The van der Waals surface area contributed by atoms with Crippen molar-refractivity contribution in [1.82, 2.24) is 0 Å². The van der Waals surface area contributed by atoms with Crippen LogP contribution in [0.4, 0.5) is 33.9 Å². The van der Waals surface area contributed by atoms with Crippen LogP contribution in [0.2, 0.25) is 0 Å². The van der Waals surface area contributed by atoms with Gasteiger partial charge >= 0.3 is 185 Å². The Morgan fingerprint density at radius 3 is 0.605 bits per heavy atom. The zero-order valence-electron chi connectivity index (χ0n) is 17.8. The standard InChI is InChI=1S/C7H9N.6FH.12H2O.6O.6Sb/c1-6-2-4-7(8)5-3-6;;;;;;;;;;;;;;;;;;;;;;;;;;;;;;/h2-5H,8H2,1H3;6*1H;12*1H2;;;;;;;;;;;;/q;;;;;;;;;;;;;;;;;;;;;;;;;6*+2/p-12. The predicted molar refractivity (Wildman–Crippen MR) is 116 cm³/mol. The van der Waals surface area contributed by atoms with Crippen LogP contribution in [-0.4, -0.2) is 167 Å². The summed E-state index contributed by atoms with van der Waals surface area (Å²) in [5, 5.41) is 0. The molecule has 0 saturated heterocycles. The first kappa shape index (κ1) is 77.5. The zero-order chi connectivity index (χ0) is 27.4. The van der Waals surface area contributed by atoms with E-state index >= 15 is 0 Å². The van der Waals surface area contributed by atoms with Crippen LogP contribution in [-0.2, 0) is 18.1 Å². The van der Waals surface area contributed by atoms with Gasteiger partial charge in [-0.15, -0.1) is 0 Å². The van der Waals surface area contributed by atoms with Gasteiger partial charge in [-0.3, -0.25) is 28.2 Å². The van der Waals surface area contributed by atoms with E-state index in [0.717, 1.165) is 5.69 Å². The van der Waals surface area contributed by atoms with E-state index in [9.17, 15) is 0 Å². The van der Waals surface area contributed by atoms with Crippen LogP contribution in [0, 0.1) is 6.92 Å². The second-order valence-corrected chi connectivity index (χ2v) is 12.1. The van der Waals surface area contributed by atoms with Gasteiger partial charge in [-0.25, -0.2) is 0 Å². The molecule has 6 radical (unpaired) electrons. The van der Waals surface area contributed by atoms with Gasteiger partial charge in [0.15, 0.2) is 0 Å². The van der Waals surface area contributed by atoms with Crippen molar-refractivity contribution >= 4 is 132 Å². The van der Waals surface area contributed by atoms with E-state index in [0.29, 0.717) is 0 Å². The summed E-state index contributed by atoms with van der Waals surface area (Å²) in [6, 6.07) is 7.79. The Kier molecular flexibility index (Phi) is 127. The van der Waals surface area contributed by atoms with Crippen LogP contribution in [0.25, 0.3) is 0 Å². The summed E-state index contributed by atoms with van der Waals surface area (Å²) in [5.74, 6) is 0. The van der Waals surface area contributed by atoms with Gasteiger partial charge in [-0.2, -0.15) is 0 Å². The van der Waals surface area contributed by atoms with Crippen LogP contribution in [0.3, 0.4) is 0 Å². The maximum atomic E-state index is 8.82. The fraction of sp³-hybridized carbons (Fsp3) is 0.143. The minimum absolute atomic E-state index is 0. The molecule has 0 fully saturated rings. The molecule has 1 aromatic rings. The van der Waals surface area contributed by atoms with E-state index in [1.54, 1.807) is 0 Å². The predicted octanol–water partition coefficient (Wildman–Crippen LogP) is -7.19. The molecular weight excluding hydrogens is 1230 g/mol. The molecule has 19 nitrogen and oxygen atoms in total. The molecule has 1 aromatic carbocycles. The van der Waals surface area contributed by atoms with Crippen LogP contribution in [0.5, 0.6) is 0 Å². The summed E-state index contributed by atoms with van der Waals surface area (Å²) < 4.78 is 140. The number of aryl methyl sites for hydroxylation is 1. The quantitative estimate of drug-likeness (QED) is 0.0652. The molecular formula is C7H27F6NO18Sb6. The Morgan fingerprint density at radius 1 is 0.421 bits per heavy atom. The first-order valence-corrected chi connectivity index (χ1v) is 26.1. The van der Waals surface area contributed by atoms with Gasteiger partial charge in [0.1, 0.15) is 0 Å². The van der Waals surface area contributed by atoms with E-state index in [1.165, 1.54) is 5.56 Å². The average molecular weight is 1260 g/mol. The Bertz CT molecular complexity index is 554. The van der Waals surface area contributed by atoms with Crippen LogP contribution >= 0.6 is 0 Å². The van der Waals surface area contributed by atoms with Gasteiger partial charge in [0.2, 0.25) is 0 Å². The Morgan fingerprint density at radius 2 is 0.526 bits per heavy atom. The number of nitrogen functional groups attached to an aromatic ring is 1. The monoisotopic (exact) mass is 1250 g/mol. The third-order valence-electron chi connectivity index (χ3n) is 1.08. The van der Waals surface area contributed by atoms with Crippen LogP contribution < -0.4 is 5.73 Å². The van der Waals surface area contributed by atoms with Crippen molar-refractivity contribution in [3.8, 4) is 0 Å². The molecule has 0 atom stereocenters. The molecule has 0 aliphatic rings. The summed E-state index contributed by atoms with van der Waals surface area (Å²) in [6.07, 6.45) is 0. The van der Waals surface area contributed by atoms with E-state index in [2.05, 4.69) is 0 Å².